The van der Waals surface area contributed by atoms with E-state index in [2.05, 4.69) is 10.6 Å². The number of primary sulfonamides is 1. The lowest BCUT2D eigenvalue weighted by Crippen LogP contribution is -2.59. The number of nitriles is 1. The number of anilines is 1. The van der Waals surface area contributed by atoms with E-state index in [4.69, 9.17) is 10.4 Å². The third-order valence-electron chi connectivity index (χ3n) is 7.50. The summed E-state index contributed by atoms with van der Waals surface area (Å²) in [7, 11) is -3.79. The normalized spacial score (nSPS) is 31.2. The predicted molar refractivity (Wildman–Crippen MR) is 118 cm³/mol. The lowest BCUT2D eigenvalue weighted by molar-refractivity contribution is -0.135. The van der Waals surface area contributed by atoms with Crippen LogP contribution in [0.15, 0.2) is 29.2 Å². The van der Waals surface area contributed by atoms with Crippen LogP contribution in [0.2, 0.25) is 0 Å². The molecule has 2 amide bonds. The Kier molecular flexibility index (Phi) is 6.20. The number of rotatable bonds is 6. The molecule has 3 aliphatic carbocycles. The summed E-state index contributed by atoms with van der Waals surface area (Å²) in [5.41, 5.74) is -0.211. The lowest BCUT2D eigenvalue weighted by atomic mass is 9.57. The second kappa shape index (κ2) is 8.66. The second-order valence-electron chi connectivity index (χ2n) is 9.46. The Morgan fingerprint density at radius 1 is 1.15 bits per heavy atom. The Morgan fingerprint density at radius 3 is 2.30 bits per heavy atom. The van der Waals surface area contributed by atoms with Crippen LogP contribution >= 0.6 is 0 Å². The van der Waals surface area contributed by atoms with Crippen molar-refractivity contribution in [3.63, 3.8) is 0 Å². The molecule has 1 saturated heterocycles. The summed E-state index contributed by atoms with van der Waals surface area (Å²) >= 11 is 0. The minimum Gasteiger partial charge on any atom is -0.326 e. The number of hydrogen-bond donors (Lipinski definition) is 3. The van der Waals surface area contributed by atoms with Crippen molar-refractivity contribution in [1.82, 2.24) is 10.2 Å². The summed E-state index contributed by atoms with van der Waals surface area (Å²) in [6, 6.07) is 7.05. The van der Waals surface area contributed by atoms with Crippen LogP contribution in [0.4, 0.5) is 10.1 Å². The molecule has 0 unspecified atom stereocenters. The number of benzene rings is 1. The predicted octanol–water partition coefficient (Wildman–Crippen LogP) is 1.42. The first-order valence-corrected chi connectivity index (χ1v) is 12.6. The van der Waals surface area contributed by atoms with Gasteiger partial charge in [-0.3, -0.25) is 9.59 Å². The molecule has 0 spiro atoms. The number of hydrogen-bond acceptors (Lipinski definition) is 6. The maximum absolute atomic E-state index is 13.6. The molecule has 1 aliphatic heterocycles. The molecule has 3 saturated carbocycles. The fraction of sp³-hybridized carbons (Fsp3) is 0.591. The zero-order valence-electron chi connectivity index (χ0n) is 18.2. The molecule has 1 aromatic rings. The highest BCUT2D eigenvalue weighted by Crippen LogP contribution is 2.52. The van der Waals surface area contributed by atoms with Crippen LogP contribution in [0.3, 0.4) is 0 Å². The van der Waals surface area contributed by atoms with E-state index in [1.165, 1.54) is 29.2 Å². The molecule has 2 bridgehead atoms. The number of nitrogens with zero attached hydrogens (tertiary/aromatic N) is 2. The summed E-state index contributed by atoms with van der Waals surface area (Å²) in [6.07, 6.45) is 3.15. The van der Waals surface area contributed by atoms with Crippen molar-refractivity contribution < 1.29 is 22.4 Å². The van der Waals surface area contributed by atoms with Gasteiger partial charge in [0.05, 0.1) is 24.1 Å². The number of alkyl halides is 1. The van der Waals surface area contributed by atoms with Crippen molar-refractivity contribution in [3.05, 3.63) is 24.3 Å². The van der Waals surface area contributed by atoms with E-state index in [0.717, 1.165) is 19.3 Å². The van der Waals surface area contributed by atoms with Gasteiger partial charge >= 0.3 is 0 Å². The highest BCUT2D eigenvalue weighted by molar-refractivity contribution is 7.89. The number of amides is 2. The van der Waals surface area contributed by atoms with Crippen molar-refractivity contribution >= 4 is 27.5 Å². The minimum atomic E-state index is -3.79. The van der Waals surface area contributed by atoms with E-state index >= 15 is 0 Å². The molecular weight excluding hydrogens is 449 g/mol. The van der Waals surface area contributed by atoms with Gasteiger partial charge in [-0.05, 0) is 62.8 Å². The Labute approximate surface area is 192 Å². The fourth-order valence-corrected chi connectivity index (χ4v) is 5.85. The van der Waals surface area contributed by atoms with Gasteiger partial charge in [-0.2, -0.15) is 5.26 Å². The molecule has 9 nitrogen and oxygen atoms in total. The SMILES string of the molecule is N#C[C@@H]1C[C@H](F)CN1C(=O)CNC12CCC(C(=O)Nc3ccc(S(N)(=O)=O)cc3)(CC1)CC2. The molecular formula is C22H28FN5O4S. The largest absolute Gasteiger partial charge is 0.326 e. The van der Waals surface area contributed by atoms with Crippen LogP contribution in [0.1, 0.15) is 44.9 Å². The highest BCUT2D eigenvalue weighted by atomic mass is 32.2. The van der Waals surface area contributed by atoms with Gasteiger partial charge in [0.25, 0.3) is 0 Å². The number of halogens is 1. The van der Waals surface area contributed by atoms with Gasteiger partial charge in [0.2, 0.25) is 21.8 Å². The molecule has 33 heavy (non-hydrogen) atoms. The standard InChI is InChI=1S/C22H28FN5O4S/c23-15-11-17(12-24)28(14-15)19(29)13-26-22-8-5-21(6-9-22,7-10-22)20(30)27-16-1-3-18(4-2-16)33(25,31)32/h1-4,15,17,26H,5-11,13-14H2,(H,27,30)(H2,25,31,32)/t15-,17-,21?,22?/m0/s1. The first-order chi connectivity index (χ1) is 15.6. The Hall–Kier alpha value is -2.55. The molecule has 4 aliphatic rings. The van der Waals surface area contributed by atoms with Crippen LogP contribution in [0.25, 0.3) is 0 Å². The summed E-state index contributed by atoms with van der Waals surface area (Å²) in [5, 5.41) is 20.5. The van der Waals surface area contributed by atoms with Gasteiger partial charge in [-0.15, -0.1) is 0 Å². The average molecular weight is 478 g/mol. The first kappa shape index (κ1) is 23.6. The van der Waals surface area contributed by atoms with Crippen LogP contribution in [-0.2, 0) is 19.6 Å². The molecule has 4 fully saturated rings. The molecule has 5 rings (SSSR count). The molecule has 1 aromatic carbocycles. The maximum atomic E-state index is 13.6. The van der Waals surface area contributed by atoms with Crippen LogP contribution < -0.4 is 15.8 Å². The van der Waals surface area contributed by atoms with E-state index in [0.29, 0.717) is 24.9 Å². The lowest BCUT2D eigenvalue weighted by Gasteiger charge is -2.52. The smallest absolute Gasteiger partial charge is 0.238 e. The van der Waals surface area contributed by atoms with Gasteiger partial charge in [0.1, 0.15) is 12.2 Å². The van der Waals surface area contributed by atoms with E-state index in [9.17, 15) is 22.4 Å². The molecule has 1 heterocycles. The zero-order chi connectivity index (χ0) is 23.9. The second-order valence-corrected chi connectivity index (χ2v) is 11.0. The molecule has 11 heteroatoms. The summed E-state index contributed by atoms with van der Waals surface area (Å²) in [5.74, 6) is -0.350. The fourth-order valence-electron chi connectivity index (χ4n) is 5.33. The van der Waals surface area contributed by atoms with Crippen LogP contribution in [0.5, 0.6) is 0 Å². The Balaban J connectivity index is 1.32. The molecule has 4 N–H and O–H groups in total. The molecule has 0 radical (unpaired) electrons. The number of carbonyl (C=O) groups excluding carboxylic acids is 2. The van der Waals surface area contributed by atoms with Crippen LogP contribution in [0, 0.1) is 16.7 Å². The quantitative estimate of drug-likeness (QED) is 0.565. The summed E-state index contributed by atoms with van der Waals surface area (Å²) in [4.78, 5) is 26.9. The van der Waals surface area contributed by atoms with Gasteiger partial charge in [-0.1, -0.05) is 0 Å². The Morgan fingerprint density at radius 2 is 1.76 bits per heavy atom. The number of nitrogens with one attached hydrogen (secondary N) is 2. The summed E-state index contributed by atoms with van der Waals surface area (Å²) in [6.45, 7) is 0.0215. The third kappa shape index (κ3) is 4.74. The summed E-state index contributed by atoms with van der Waals surface area (Å²) < 4.78 is 36.4. The van der Waals surface area contributed by atoms with Crippen LogP contribution in [-0.4, -0.2) is 56.0 Å². The third-order valence-corrected chi connectivity index (χ3v) is 8.43. The number of nitrogens with two attached hydrogens (primary N) is 1. The minimum absolute atomic E-state index is 0.0172. The Bertz CT molecular complexity index is 1060. The van der Waals surface area contributed by atoms with Gasteiger partial charge in [-0.25, -0.2) is 17.9 Å². The van der Waals surface area contributed by atoms with Crippen molar-refractivity contribution in [2.24, 2.45) is 10.6 Å². The first-order valence-electron chi connectivity index (χ1n) is 11.1. The monoisotopic (exact) mass is 477 g/mol. The number of sulfonamides is 1. The van der Waals surface area contributed by atoms with E-state index in [1.54, 1.807) is 0 Å². The van der Waals surface area contributed by atoms with E-state index in [-0.39, 0.29) is 41.8 Å². The van der Waals surface area contributed by atoms with Crippen molar-refractivity contribution in [3.8, 4) is 6.07 Å². The van der Waals surface area contributed by atoms with Crippen molar-refractivity contribution in [1.29, 1.82) is 5.26 Å². The topological polar surface area (TPSA) is 145 Å². The molecule has 0 aromatic heterocycles. The number of fused-ring (bicyclic) bond motifs is 3. The van der Waals surface area contributed by atoms with E-state index in [1.807, 2.05) is 6.07 Å². The maximum Gasteiger partial charge on any atom is 0.238 e. The van der Waals surface area contributed by atoms with Gasteiger partial charge in [0, 0.05) is 23.1 Å². The zero-order valence-corrected chi connectivity index (χ0v) is 19.0. The molecule has 178 valence electrons. The van der Waals surface area contributed by atoms with Crippen molar-refractivity contribution in [2.75, 3.05) is 18.4 Å². The highest BCUT2D eigenvalue weighted by Gasteiger charge is 2.52. The number of likely N-dealkylation sites (tertiary alicyclic amines) is 1. The van der Waals surface area contributed by atoms with Crippen molar-refractivity contribution in [2.45, 2.75) is 67.6 Å². The number of carbonyl (C=O) groups is 2. The van der Waals surface area contributed by atoms with Gasteiger partial charge < -0.3 is 15.5 Å². The van der Waals surface area contributed by atoms with E-state index < -0.39 is 27.7 Å². The van der Waals surface area contributed by atoms with Gasteiger partial charge in [0.15, 0.2) is 0 Å². The molecule has 2 atom stereocenters. The average Bonchev–Trinajstić information content (AvgIpc) is 3.19.